The number of β-lactam (4-membered cyclic amide) rings is 1. The van der Waals surface area contributed by atoms with Crippen LogP contribution in [0, 0.1) is 0 Å². The molecule has 0 aliphatic carbocycles. The first-order chi connectivity index (χ1) is 9.61. The van der Waals surface area contributed by atoms with E-state index in [1.807, 2.05) is 0 Å². The number of hydrogen-bond acceptors (Lipinski definition) is 6. The zero-order valence-corrected chi connectivity index (χ0v) is 14.2. The minimum absolute atomic E-state index is 0. The molecule has 1 aromatic rings. The molecule has 102 valence electrons. The van der Waals surface area contributed by atoms with Crippen molar-refractivity contribution in [1.29, 1.82) is 0 Å². The van der Waals surface area contributed by atoms with Gasteiger partial charge in [-0.1, -0.05) is 0 Å². The molecule has 0 radical (unpaired) electrons. The summed E-state index contributed by atoms with van der Waals surface area (Å²) >= 11 is 1.28. The summed E-state index contributed by atoms with van der Waals surface area (Å²) in [5, 5.41) is 12.0. The summed E-state index contributed by atoms with van der Waals surface area (Å²) in [6.45, 7) is 0. The van der Waals surface area contributed by atoms with Crippen molar-refractivity contribution >= 4 is 29.7 Å². The summed E-state index contributed by atoms with van der Waals surface area (Å²) in [4.78, 5) is 28.1. The Labute approximate surface area is 147 Å². The minimum Gasteiger partial charge on any atom is -0.543 e. The van der Waals surface area contributed by atoms with E-state index in [0.717, 1.165) is 5.56 Å². The average Bonchev–Trinajstić information content (AvgIpc) is 2.86. The molecule has 21 heavy (non-hydrogen) atoms. The predicted octanol–water partition coefficient (Wildman–Crippen LogP) is -3.02. The smallest absolute Gasteiger partial charge is 0.543 e. The first-order valence-corrected chi connectivity index (χ1v) is 6.68. The third-order valence-corrected chi connectivity index (χ3v) is 4.12. The van der Waals surface area contributed by atoms with Crippen molar-refractivity contribution < 1.29 is 49.0 Å². The zero-order valence-electron chi connectivity index (χ0n) is 11.4. The summed E-state index contributed by atoms with van der Waals surface area (Å²) in [6, 6.07) is 3.47. The minimum atomic E-state index is -1.33. The number of carbonyl (C=O) groups is 2. The number of aliphatic carboxylic acids is 1. The van der Waals surface area contributed by atoms with Gasteiger partial charge in [-0.3, -0.25) is 9.69 Å². The van der Waals surface area contributed by atoms with Crippen LogP contribution in [0.2, 0.25) is 0 Å². The molecular formula is C13H9N2NaO4S. The van der Waals surface area contributed by atoms with Gasteiger partial charge in [0.2, 0.25) is 5.88 Å². The van der Waals surface area contributed by atoms with E-state index >= 15 is 0 Å². The van der Waals surface area contributed by atoms with Crippen molar-refractivity contribution in [2.75, 3.05) is 7.11 Å². The van der Waals surface area contributed by atoms with Crippen LogP contribution in [0.25, 0.3) is 6.08 Å². The Hall–Kier alpha value is -1.28. The topological polar surface area (TPSA) is 82.6 Å². The molecule has 1 aromatic heterocycles. The van der Waals surface area contributed by atoms with Crippen LogP contribution in [0.5, 0.6) is 5.88 Å². The number of nitrogens with zero attached hydrogens (tertiary/aromatic N) is 2. The molecule has 1 saturated heterocycles. The third kappa shape index (κ3) is 2.74. The van der Waals surface area contributed by atoms with Gasteiger partial charge >= 0.3 is 29.6 Å². The first kappa shape index (κ1) is 16.1. The van der Waals surface area contributed by atoms with Crippen LogP contribution in [-0.4, -0.2) is 34.2 Å². The molecule has 0 bridgehead atoms. The van der Waals surface area contributed by atoms with Gasteiger partial charge < -0.3 is 14.6 Å². The van der Waals surface area contributed by atoms with Gasteiger partial charge in [0.05, 0.1) is 24.3 Å². The molecule has 1 amide bonds. The van der Waals surface area contributed by atoms with Gasteiger partial charge in [0.25, 0.3) is 5.91 Å². The van der Waals surface area contributed by atoms with Gasteiger partial charge in [0, 0.05) is 12.3 Å². The second-order valence-corrected chi connectivity index (χ2v) is 5.14. The average molecular weight is 312 g/mol. The van der Waals surface area contributed by atoms with E-state index < -0.39 is 5.97 Å². The summed E-state index contributed by atoms with van der Waals surface area (Å²) in [6.07, 6.45) is 3.30. The maximum absolute atomic E-state index is 12.0. The number of ether oxygens (including phenoxy) is 1. The molecule has 1 unspecified atom stereocenters. The Kier molecular flexibility index (Phi) is 4.77. The molecule has 0 N–H and O–H groups in total. The summed E-state index contributed by atoms with van der Waals surface area (Å²) in [5.41, 5.74) is 1.24. The Morgan fingerprint density at radius 1 is 1.52 bits per heavy atom. The second-order valence-electron chi connectivity index (χ2n) is 4.19. The number of fused-ring (bicyclic) bond motifs is 1. The van der Waals surface area contributed by atoms with Crippen LogP contribution >= 0.6 is 11.8 Å². The molecule has 0 saturated carbocycles. The fourth-order valence-corrected chi connectivity index (χ4v) is 3.15. The first-order valence-electron chi connectivity index (χ1n) is 5.74. The number of rotatable bonds is 3. The number of thioether (sulfide) groups is 1. The van der Waals surface area contributed by atoms with Crippen LogP contribution < -0.4 is 39.4 Å². The Bertz CT molecular complexity index is 657. The molecule has 0 aromatic carbocycles. The van der Waals surface area contributed by atoms with Gasteiger partial charge in [-0.2, -0.15) is 0 Å². The Morgan fingerprint density at radius 3 is 2.86 bits per heavy atom. The third-order valence-electron chi connectivity index (χ3n) is 3.03. The van der Waals surface area contributed by atoms with Crippen molar-refractivity contribution in [3.8, 4) is 5.88 Å². The van der Waals surface area contributed by atoms with Crippen LogP contribution in [-0.2, 0) is 9.59 Å². The molecule has 2 aliphatic heterocycles. The number of amides is 1. The monoisotopic (exact) mass is 312 g/mol. The van der Waals surface area contributed by atoms with Crippen LogP contribution in [0.3, 0.4) is 0 Å². The molecule has 1 atom stereocenters. The van der Waals surface area contributed by atoms with E-state index in [1.165, 1.54) is 29.2 Å². The maximum Gasteiger partial charge on any atom is 1.00 e. The Morgan fingerprint density at radius 2 is 2.29 bits per heavy atom. The van der Waals surface area contributed by atoms with E-state index in [9.17, 15) is 14.7 Å². The zero-order chi connectivity index (χ0) is 14.3. The van der Waals surface area contributed by atoms with Crippen molar-refractivity contribution in [3.05, 3.63) is 40.6 Å². The summed E-state index contributed by atoms with van der Waals surface area (Å²) < 4.78 is 4.95. The summed E-state index contributed by atoms with van der Waals surface area (Å²) in [7, 11) is 1.52. The van der Waals surface area contributed by atoms with Gasteiger partial charge in [-0.05, 0) is 23.1 Å². The number of carboxylic acid groups (broad SMARTS) is 1. The number of carboxylic acids is 1. The van der Waals surface area contributed by atoms with Gasteiger partial charge in [0.1, 0.15) is 5.37 Å². The van der Waals surface area contributed by atoms with E-state index in [-0.39, 0.29) is 46.5 Å². The van der Waals surface area contributed by atoms with Crippen LogP contribution in [0.4, 0.5) is 0 Å². The molecule has 2 aliphatic rings. The molecule has 3 heterocycles. The molecule has 3 rings (SSSR count). The molecule has 6 nitrogen and oxygen atoms in total. The Balaban J connectivity index is 0.00000161. The van der Waals surface area contributed by atoms with Crippen molar-refractivity contribution in [1.82, 2.24) is 9.88 Å². The van der Waals surface area contributed by atoms with Gasteiger partial charge in [0.15, 0.2) is 0 Å². The number of aromatic nitrogens is 1. The number of methoxy groups -OCH3 is 1. The largest absolute Gasteiger partial charge is 1.00 e. The van der Waals surface area contributed by atoms with Crippen molar-refractivity contribution in [3.63, 3.8) is 0 Å². The number of carbonyl (C=O) groups excluding carboxylic acids is 2. The molecule has 1 fully saturated rings. The SMILES string of the molecule is COc1ccc(/C=C2/C(=O)N3C(C(=O)[O-])=CSC23)cn1.[Na+]. The second kappa shape index (κ2) is 6.23. The van der Waals surface area contributed by atoms with Crippen LogP contribution in [0.15, 0.2) is 35.0 Å². The standard InChI is InChI=1S/C13H10N2O4S.Na/c1-19-10-3-2-7(5-14-10)4-8-11(16)15-9(13(17)18)6-20-12(8)15;/h2-6,12H,1H3,(H,17,18);/q;+1/p-1/b8-4-;. The molecular weight excluding hydrogens is 303 g/mol. The van der Waals surface area contributed by atoms with E-state index in [0.29, 0.717) is 11.5 Å². The van der Waals surface area contributed by atoms with Crippen molar-refractivity contribution in [2.24, 2.45) is 0 Å². The predicted molar refractivity (Wildman–Crippen MR) is 70.1 cm³/mol. The molecule has 0 spiro atoms. The fourth-order valence-electron chi connectivity index (χ4n) is 2.04. The fraction of sp³-hybridized carbons (Fsp3) is 0.154. The quantitative estimate of drug-likeness (QED) is 0.336. The van der Waals surface area contributed by atoms with Crippen LogP contribution in [0.1, 0.15) is 5.56 Å². The van der Waals surface area contributed by atoms with Gasteiger partial charge in [-0.25, -0.2) is 4.98 Å². The summed E-state index contributed by atoms with van der Waals surface area (Å²) in [5.74, 6) is -1.16. The van der Waals surface area contributed by atoms with Gasteiger partial charge in [-0.15, -0.1) is 11.8 Å². The normalized spacial score (nSPS) is 21.3. The number of hydrogen-bond donors (Lipinski definition) is 0. The van der Waals surface area contributed by atoms with Crippen molar-refractivity contribution in [2.45, 2.75) is 5.37 Å². The van der Waals surface area contributed by atoms with E-state index in [1.54, 1.807) is 24.4 Å². The molecule has 8 heteroatoms. The van der Waals surface area contributed by atoms with E-state index in [4.69, 9.17) is 4.74 Å². The van der Waals surface area contributed by atoms with E-state index in [2.05, 4.69) is 4.98 Å². The maximum atomic E-state index is 12.0. The number of pyridine rings is 1.